The van der Waals surface area contributed by atoms with Crippen LogP contribution in [0.25, 0.3) is 10.1 Å². The number of rotatable bonds is 1. The van der Waals surface area contributed by atoms with Gasteiger partial charge in [-0.3, -0.25) is 10.1 Å². The Morgan fingerprint density at radius 3 is 2.93 bits per heavy atom. The number of fused-ring (bicyclic) bond motifs is 1. The van der Waals surface area contributed by atoms with E-state index in [1.807, 2.05) is 0 Å². The van der Waals surface area contributed by atoms with Crippen molar-refractivity contribution in [1.29, 1.82) is 0 Å². The van der Waals surface area contributed by atoms with Crippen molar-refractivity contribution in [3.05, 3.63) is 37.9 Å². The van der Waals surface area contributed by atoms with Gasteiger partial charge < -0.3 is 0 Å². The first kappa shape index (κ1) is 9.54. The van der Waals surface area contributed by atoms with Gasteiger partial charge in [0.1, 0.15) is 0 Å². The van der Waals surface area contributed by atoms with Crippen molar-refractivity contribution < 1.29 is 9.31 Å². The average Bonchev–Trinajstić information content (AvgIpc) is 2.58. The lowest BCUT2D eigenvalue weighted by Crippen LogP contribution is -1.92. The van der Waals surface area contributed by atoms with Crippen LogP contribution in [0.15, 0.2) is 22.0 Å². The molecule has 0 aliphatic carbocycles. The van der Waals surface area contributed by atoms with Crippen LogP contribution in [0.1, 0.15) is 0 Å². The number of benzene rings is 1. The third-order valence-corrected chi connectivity index (χ3v) is 3.45. The number of thiophene rings is 1. The Morgan fingerprint density at radius 2 is 2.29 bits per heavy atom. The van der Waals surface area contributed by atoms with Crippen molar-refractivity contribution >= 4 is 43.0 Å². The van der Waals surface area contributed by atoms with Gasteiger partial charge in [0, 0.05) is 16.2 Å². The summed E-state index contributed by atoms with van der Waals surface area (Å²) < 4.78 is 14.2. The summed E-state index contributed by atoms with van der Waals surface area (Å²) in [5.41, 5.74) is -0.494. The fourth-order valence-corrected chi connectivity index (χ4v) is 2.67. The van der Waals surface area contributed by atoms with E-state index in [-0.39, 0.29) is 4.47 Å². The summed E-state index contributed by atoms with van der Waals surface area (Å²) in [6.45, 7) is 0. The van der Waals surface area contributed by atoms with Crippen LogP contribution in [-0.2, 0) is 0 Å². The minimum atomic E-state index is -0.819. The van der Waals surface area contributed by atoms with Crippen LogP contribution < -0.4 is 0 Å². The summed E-state index contributed by atoms with van der Waals surface area (Å²) in [7, 11) is 0. The van der Waals surface area contributed by atoms with E-state index in [0.29, 0.717) is 10.1 Å². The molecule has 0 aliphatic rings. The van der Waals surface area contributed by atoms with E-state index in [1.54, 1.807) is 11.4 Å². The fraction of sp³-hybridized carbons (Fsp3) is 0. The molecule has 0 fully saturated rings. The van der Waals surface area contributed by atoms with Gasteiger partial charge in [-0.1, -0.05) is 0 Å². The zero-order chi connectivity index (χ0) is 10.3. The minimum absolute atomic E-state index is 0.156. The second-order valence-corrected chi connectivity index (χ2v) is 4.35. The highest BCUT2D eigenvalue weighted by molar-refractivity contribution is 9.10. The molecule has 1 heterocycles. The summed E-state index contributed by atoms with van der Waals surface area (Å²) in [6.07, 6.45) is 0. The van der Waals surface area contributed by atoms with Crippen molar-refractivity contribution in [1.82, 2.24) is 0 Å². The molecule has 0 amide bonds. The molecule has 0 saturated heterocycles. The fourth-order valence-electron chi connectivity index (χ4n) is 1.17. The van der Waals surface area contributed by atoms with Crippen LogP contribution in [0.5, 0.6) is 0 Å². The first-order valence-electron chi connectivity index (χ1n) is 3.61. The smallest absolute Gasteiger partial charge is 0.258 e. The Kier molecular flexibility index (Phi) is 2.24. The Balaban J connectivity index is 2.87. The molecular weight excluding hydrogens is 273 g/mol. The Labute approximate surface area is 90.4 Å². The topological polar surface area (TPSA) is 43.1 Å². The number of nitrogens with zero attached hydrogens (tertiary/aromatic N) is 1. The molecule has 0 bridgehead atoms. The molecule has 0 unspecified atom stereocenters. The molecule has 2 rings (SSSR count). The van der Waals surface area contributed by atoms with Crippen molar-refractivity contribution in [3.63, 3.8) is 0 Å². The molecule has 1 aromatic carbocycles. The standard InChI is InChI=1S/C8H3BrFNO2S/c9-7-4-1-2-14-6(4)3-5(8(7)10)11(12)13/h1-3H. The number of hydrogen-bond acceptors (Lipinski definition) is 3. The summed E-state index contributed by atoms with van der Waals surface area (Å²) >= 11 is 4.35. The molecule has 72 valence electrons. The van der Waals surface area contributed by atoms with E-state index >= 15 is 0 Å². The predicted molar refractivity (Wildman–Crippen MR) is 56.1 cm³/mol. The monoisotopic (exact) mass is 275 g/mol. The van der Waals surface area contributed by atoms with Crippen LogP contribution in [0.3, 0.4) is 0 Å². The van der Waals surface area contributed by atoms with Gasteiger partial charge >= 0.3 is 5.69 Å². The maximum atomic E-state index is 13.4. The van der Waals surface area contributed by atoms with Crippen molar-refractivity contribution in [3.8, 4) is 0 Å². The van der Waals surface area contributed by atoms with Crippen LogP contribution in [0.2, 0.25) is 0 Å². The van der Waals surface area contributed by atoms with Gasteiger partial charge in [-0.2, -0.15) is 4.39 Å². The number of nitro benzene ring substituents is 1. The SMILES string of the molecule is O=[N+]([O-])c1cc2sccc2c(Br)c1F. The van der Waals surface area contributed by atoms with E-state index in [4.69, 9.17) is 0 Å². The van der Waals surface area contributed by atoms with Crippen molar-refractivity contribution in [2.45, 2.75) is 0 Å². The summed E-state index contributed by atoms with van der Waals surface area (Å²) in [5.74, 6) is -0.819. The second kappa shape index (κ2) is 3.29. The van der Waals surface area contributed by atoms with Gasteiger partial charge in [-0.05, 0) is 27.4 Å². The van der Waals surface area contributed by atoms with Crippen LogP contribution in [-0.4, -0.2) is 4.92 Å². The normalized spacial score (nSPS) is 10.7. The largest absolute Gasteiger partial charge is 0.307 e. The van der Waals surface area contributed by atoms with Gasteiger partial charge in [0.15, 0.2) is 0 Å². The van der Waals surface area contributed by atoms with Gasteiger partial charge in [0.05, 0.1) is 9.40 Å². The lowest BCUT2D eigenvalue weighted by atomic mass is 10.2. The highest BCUT2D eigenvalue weighted by Crippen LogP contribution is 2.35. The molecule has 0 atom stereocenters. The molecule has 0 aliphatic heterocycles. The van der Waals surface area contributed by atoms with Gasteiger partial charge in [-0.15, -0.1) is 11.3 Å². The van der Waals surface area contributed by atoms with Gasteiger partial charge in [-0.25, -0.2) is 0 Å². The van der Waals surface area contributed by atoms with E-state index in [1.165, 1.54) is 17.4 Å². The molecule has 0 radical (unpaired) electrons. The maximum Gasteiger partial charge on any atom is 0.307 e. The third-order valence-electron chi connectivity index (χ3n) is 1.81. The van der Waals surface area contributed by atoms with E-state index in [0.717, 1.165) is 0 Å². The zero-order valence-corrected chi connectivity index (χ0v) is 9.06. The van der Waals surface area contributed by atoms with E-state index < -0.39 is 16.4 Å². The van der Waals surface area contributed by atoms with Crippen LogP contribution >= 0.6 is 27.3 Å². The van der Waals surface area contributed by atoms with Gasteiger partial charge in [0.2, 0.25) is 5.82 Å². The Morgan fingerprint density at radius 1 is 1.57 bits per heavy atom. The number of nitro groups is 1. The molecule has 0 N–H and O–H groups in total. The Bertz CT molecular complexity index is 525. The second-order valence-electron chi connectivity index (χ2n) is 2.61. The quantitative estimate of drug-likeness (QED) is 0.588. The van der Waals surface area contributed by atoms with Crippen molar-refractivity contribution in [2.75, 3.05) is 0 Å². The molecule has 0 spiro atoms. The van der Waals surface area contributed by atoms with Crippen molar-refractivity contribution in [2.24, 2.45) is 0 Å². The first-order chi connectivity index (χ1) is 6.61. The molecule has 0 saturated carbocycles. The molecular formula is C8H3BrFNO2S. The predicted octanol–water partition coefficient (Wildman–Crippen LogP) is 3.71. The summed E-state index contributed by atoms with van der Waals surface area (Å²) in [4.78, 5) is 9.77. The highest BCUT2D eigenvalue weighted by Gasteiger charge is 2.20. The lowest BCUT2D eigenvalue weighted by Gasteiger charge is -1.98. The average molecular weight is 276 g/mol. The minimum Gasteiger partial charge on any atom is -0.258 e. The molecule has 1 aromatic heterocycles. The van der Waals surface area contributed by atoms with Gasteiger partial charge in [0.25, 0.3) is 0 Å². The molecule has 2 aromatic rings. The van der Waals surface area contributed by atoms with Crippen LogP contribution in [0.4, 0.5) is 10.1 Å². The first-order valence-corrected chi connectivity index (χ1v) is 5.28. The number of halogens is 2. The highest BCUT2D eigenvalue weighted by atomic mass is 79.9. The van der Waals surface area contributed by atoms with E-state index in [2.05, 4.69) is 15.9 Å². The molecule has 14 heavy (non-hydrogen) atoms. The number of hydrogen-bond donors (Lipinski definition) is 0. The Hall–Kier alpha value is -1.01. The molecule has 3 nitrogen and oxygen atoms in total. The van der Waals surface area contributed by atoms with E-state index in [9.17, 15) is 14.5 Å². The third kappa shape index (κ3) is 1.31. The maximum absolute atomic E-state index is 13.4. The lowest BCUT2D eigenvalue weighted by molar-refractivity contribution is -0.387. The zero-order valence-electron chi connectivity index (χ0n) is 6.66. The van der Waals surface area contributed by atoms with Crippen LogP contribution in [0, 0.1) is 15.9 Å². The summed E-state index contributed by atoms with van der Waals surface area (Å²) in [5, 5.41) is 12.9. The summed E-state index contributed by atoms with van der Waals surface area (Å²) in [6, 6.07) is 2.97. The molecule has 6 heteroatoms.